The number of nitrogens with zero attached hydrogens (tertiary/aromatic N) is 3. The Morgan fingerprint density at radius 1 is 1.58 bits per heavy atom. The minimum Gasteiger partial charge on any atom is -0.372 e. The first-order valence-electron chi connectivity index (χ1n) is 6.32. The molecule has 2 heterocycles. The van der Waals surface area contributed by atoms with E-state index in [9.17, 15) is 9.18 Å². The van der Waals surface area contributed by atoms with E-state index in [0.29, 0.717) is 30.5 Å². The van der Waals surface area contributed by atoms with E-state index in [-0.39, 0.29) is 5.91 Å². The molecule has 1 saturated heterocycles. The Kier molecular flexibility index (Phi) is 3.99. The van der Waals surface area contributed by atoms with E-state index in [1.165, 1.54) is 6.07 Å². The van der Waals surface area contributed by atoms with Crippen LogP contribution in [0, 0.1) is 5.82 Å². The van der Waals surface area contributed by atoms with Crippen LogP contribution < -0.4 is 5.32 Å². The number of hydrogen-bond donors (Lipinski definition) is 1. The van der Waals surface area contributed by atoms with Gasteiger partial charge < -0.3 is 15.1 Å². The van der Waals surface area contributed by atoms with Gasteiger partial charge >= 0.3 is 0 Å². The normalized spacial score (nSPS) is 19.0. The van der Waals surface area contributed by atoms with Gasteiger partial charge in [-0.05, 0) is 26.6 Å². The van der Waals surface area contributed by atoms with Crippen LogP contribution in [0.3, 0.4) is 0 Å². The van der Waals surface area contributed by atoms with Crippen LogP contribution in [-0.4, -0.2) is 61.0 Å². The van der Waals surface area contributed by atoms with E-state index in [2.05, 4.69) is 15.2 Å². The summed E-state index contributed by atoms with van der Waals surface area (Å²) in [4.78, 5) is 20.2. The Morgan fingerprint density at radius 2 is 2.32 bits per heavy atom. The molecule has 1 atom stereocenters. The molecule has 1 aromatic rings. The monoisotopic (exact) mass is 266 g/mol. The number of anilines is 1. The summed E-state index contributed by atoms with van der Waals surface area (Å²) in [6.45, 7) is 1.37. The second-order valence-electron chi connectivity index (χ2n) is 4.96. The zero-order valence-corrected chi connectivity index (χ0v) is 11.5. The second-order valence-corrected chi connectivity index (χ2v) is 4.96. The fourth-order valence-electron chi connectivity index (χ4n) is 2.32. The molecule has 2 rings (SSSR count). The highest BCUT2D eigenvalue weighted by atomic mass is 19.1. The molecule has 1 aliphatic rings. The van der Waals surface area contributed by atoms with Gasteiger partial charge in [-0.15, -0.1) is 0 Å². The number of nitrogens with one attached hydrogen (secondary N) is 1. The van der Waals surface area contributed by atoms with Crippen LogP contribution in [0.15, 0.2) is 12.3 Å². The van der Waals surface area contributed by atoms with Crippen LogP contribution in [-0.2, 0) is 0 Å². The molecule has 5 nitrogen and oxygen atoms in total. The number of likely N-dealkylation sites (N-methyl/N-ethyl adjacent to an activating group) is 1. The minimum absolute atomic E-state index is 0.166. The van der Waals surface area contributed by atoms with Crippen molar-refractivity contribution >= 4 is 11.7 Å². The first-order valence-corrected chi connectivity index (χ1v) is 6.32. The van der Waals surface area contributed by atoms with Crippen molar-refractivity contribution in [2.75, 3.05) is 39.5 Å². The molecule has 1 N–H and O–H groups in total. The summed E-state index contributed by atoms with van der Waals surface area (Å²) in [6, 6.07) is 1.60. The van der Waals surface area contributed by atoms with Gasteiger partial charge in [0.05, 0.1) is 11.8 Å². The zero-order chi connectivity index (χ0) is 14.0. The van der Waals surface area contributed by atoms with Crippen molar-refractivity contribution in [2.45, 2.75) is 12.5 Å². The number of carbonyl (C=O) groups is 1. The van der Waals surface area contributed by atoms with Crippen molar-refractivity contribution in [1.82, 2.24) is 14.8 Å². The Morgan fingerprint density at radius 3 is 2.89 bits per heavy atom. The zero-order valence-electron chi connectivity index (χ0n) is 11.5. The molecule has 6 heteroatoms. The predicted molar refractivity (Wildman–Crippen MR) is 71.7 cm³/mol. The quantitative estimate of drug-likeness (QED) is 0.888. The molecular weight excluding hydrogens is 247 g/mol. The SMILES string of the molecule is CNc1ncc(F)cc1C(=O)N1CCC(N(C)C)C1. The number of aromatic nitrogens is 1. The van der Waals surface area contributed by atoms with Gasteiger partial charge in [-0.2, -0.15) is 0 Å². The number of halogens is 1. The molecule has 1 aromatic heterocycles. The maximum atomic E-state index is 13.3. The summed E-state index contributed by atoms with van der Waals surface area (Å²) in [5, 5.41) is 2.83. The van der Waals surface area contributed by atoms with Crippen LogP contribution in [0.1, 0.15) is 16.8 Å². The largest absolute Gasteiger partial charge is 0.372 e. The molecule has 1 fully saturated rings. The molecule has 0 spiro atoms. The van der Waals surface area contributed by atoms with Crippen molar-refractivity contribution in [2.24, 2.45) is 0 Å². The molecule has 0 saturated carbocycles. The van der Waals surface area contributed by atoms with Gasteiger partial charge in [-0.1, -0.05) is 0 Å². The third-order valence-electron chi connectivity index (χ3n) is 3.50. The Labute approximate surface area is 112 Å². The van der Waals surface area contributed by atoms with Crippen molar-refractivity contribution < 1.29 is 9.18 Å². The molecule has 1 aliphatic heterocycles. The number of hydrogen-bond acceptors (Lipinski definition) is 4. The van der Waals surface area contributed by atoms with Gasteiger partial charge in [0.1, 0.15) is 11.6 Å². The van der Waals surface area contributed by atoms with E-state index in [1.807, 2.05) is 14.1 Å². The number of rotatable bonds is 3. The van der Waals surface area contributed by atoms with Gasteiger partial charge in [0, 0.05) is 26.2 Å². The van der Waals surface area contributed by atoms with Crippen molar-refractivity contribution in [3.63, 3.8) is 0 Å². The molecule has 19 heavy (non-hydrogen) atoms. The van der Waals surface area contributed by atoms with Crippen LogP contribution in [0.2, 0.25) is 0 Å². The summed E-state index contributed by atoms with van der Waals surface area (Å²) < 4.78 is 13.3. The third kappa shape index (κ3) is 2.84. The van der Waals surface area contributed by atoms with Gasteiger partial charge in [0.15, 0.2) is 0 Å². The van der Waals surface area contributed by atoms with Crippen molar-refractivity contribution in [3.05, 3.63) is 23.6 Å². The predicted octanol–water partition coefficient (Wildman–Crippen LogP) is 1.04. The molecule has 1 amide bonds. The summed E-state index contributed by atoms with van der Waals surface area (Å²) in [5.74, 6) is -0.244. The maximum Gasteiger partial charge on any atom is 0.257 e. The maximum absolute atomic E-state index is 13.3. The first kappa shape index (κ1) is 13.7. The summed E-state index contributed by atoms with van der Waals surface area (Å²) in [6.07, 6.45) is 2.05. The summed E-state index contributed by atoms with van der Waals surface area (Å²) in [5.41, 5.74) is 0.293. The van der Waals surface area contributed by atoms with Crippen molar-refractivity contribution in [1.29, 1.82) is 0 Å². The third-order valence-corrected chi connectivity index (χ3v) is 3.50. The van der Waals surface area contributed by atoms with Crippen LogP contribution in [0.5, 0.6) is 0 Å². The molecule has 104 valence electrons. The van der Waals surface area contributed by atoms with Crippen LogP contribution in [0.4, 0.5) is 10.2 Å². The number of pyridine rings is 1. The fraction of sp³-hybridized carbons (Fsp3) is 0.538. The molecule has 0 bridgehead atoms. The smallest absolute Gasteiger partial charge is 0.257 e. The number of carbonyl (C=O) groups excluding carboxylic acids is 1. The standard InChI is InChI=1S/C13H19FN4O/c1-15-12-11(6-9(14)7-16-12)13(19)18-5-4-10(8-18)17(2)3/h6-7,10H,4-5,8H2,1-3H3,(H,15,16). The molecule has 0 radical (unpaired) electrons. The topological polar surface area (TPSA) is 48.5 Å². The Balaban J connectivity index is 2.19. The van der Waals surface area contributed by atoms with E-state index in [4.69, 9.17) is 0 Å². The molecule has 0 aromatic carbocycles. The number of likely N-dealkylation sites (tertiary alicyclic amines) is 1. The lowest BCUT2D eigenvalue weighted by Gasteiger charge is -2.21. The Bertz CT molecular complexity index is 478. The van der Waals surface area contributed by atoms with E-state index in [0.717, 1.165) is 12.6 Å². The highest BCUT2D eigenvalue weighted by Crippen LogP contribution is 2.20. The minimum atomic E-state index is -0.495. The van der Waals surface area contributed by atoms with Crippen LogP contribution >= 0.6 is 0 Å². The molecule has 0 aliphatic carbocycles. The van der Waals surface area contributed by atoms with Crippen LogP contribution in [0.25, 0.3) is 0 Å². The first-order chi connectivity index (χ1) is 9.02. The lowest BCUT2D eigenvalue weighted by Crippen LogP contribution is -2.34. The summed E-state index contributed by atoms with van der Waals surface area (Å²) in [7, 11) is 5.67. The molecular formula is C13H19FN4O. The summed E-state index contributed by atoms with van der Waals surface area (Å²) >= 11 is 0. The van der Waals surface area contributed by atoms with Gasteiger partial charge in [-0.25, -0.2) is 9.37 Å². The van der Waals surface area contributed by atoms with E-state index >= 15 is 0 Å². The average molecular weight is 266 g/mol. The van der Waals surface area contributed by atoms with Crippen molar-refractivity contribution in [3.8, 4) is 0 Å². The second kappa shape index (κ2) is 5.52. The lowest BCUT2D eigenvalue weighted by molar-refractivity contribution is 0.0783. The van der Waals surface area contributed by atoms with Gasteiger partial charge in [0.25, 0.3) is 5.91 Å². The fourth-order valence-corrected chi connectivity index (χ4v) is 2.32. The highest BCUT2D eigenvalue weighted by Gasteiger charge is 2.29. The average Bonchev–Trinajstić information content (AvgIpc) is 2.87. The highest BCUT2D eigenvalue weighted by molar-refractivity contribution is 5.98. The molecule has 1 unspecified atom stereocenters. The van der Waals surface area contributed by atoms with Gasteiger partial charge in [-0.3, -0.25) is 4.79 Å². The Hall–Kier alpha value is -1.69. The van der Waals surface area contributed by atoms with E-state index < -0.39 is 5.82 Å². The number of amides is 1. The van der Waals surface area contributed by atoms with Gasteiger partial charge in [0.2, 0.25) is 0 Å². The van der Waals surface area contributed by atoms with E-state index in [1.54, 1.807) is 11.9 Å². The lowest BCUT2D eigenvalue weighted by atomic mass is 10.2.